The maximum atomic E-state index is 12.7. The Hall–Kier alpha value is -2.95. The van der Waals surface area contributed by atoms with E-state index in [4.69, 9.17) is 14.7 Å². The topological polar surface area (TPSA) is 87.5 Å². The first kappa shape index (κ1) is 17.5. The Labute approximate surface area is 157 Å². The summed E-state index contributed by atoms with van der Waals surface area (Å²) in [5, 5.41) is 12.3. The average Bonchev–Trinajstić information content (AvgIpc) is 3.17. The summed E-state index contributed by atoms with van der Waals surface area (Å²) in [6.07, 6.45) is 2.97. The number of benzene rings is 1. The van der Waals surface area contributed by atoms with Gasteiger partial charge in [0.15, 0.2) is 5.79 Å². The molecule has 0 atom stereocenters. The van der Waals surface area contributed by atoms with Gasteiger partial charge in [-0.15, -0.1) is 0 Å². The fraction of sp³-hybridized carbons (Fsp3) is 0.350. The van der Waals surface area contributed by atoms with E-state index in [1.54, 1.807) is 29.3 Å². The summed E-state index contributed by atoms with van der Waals surface area (Å²) in [7, 11) is 0. The number of nitriles is 1. The largest absolute Gasteiger partial charge is 0.353 e. The predicted octanol–water partition coefficient (Wildman–Crippen LogP) is 2.68. The van der Waals surface area contributed by atoms with E-state index in [9.17, 15) is 4.79 Å². The van der Waals surface area contributed by atoms with Crippen molar-refractivity contribution < 1.29 is 14.3 Å². The van der Waals surface area contributed by atoms with Crippen LogP contribution in [0.5, 0.6) is 0 Å². The normalized spacial score (nSPS) is 18.3. The van der Waals surface area contributed by atoms with Crippen LogP contribution in [0.2, 0.25) is 0 Å². The van der Waals surface area contributed by atoms with Crippen molar-refractivity contribution in [1.82, 2.24) is 9.88 Å². The number of hydrogen-bond donors (Lipinski definition) is 1. The zero-order valence-corrected chi connectivity index (χ0v) is 14.9. The molecule has 1 N–H and O–H groups in total. The molecule has 2 fully saturated rings. The molecule has 4 rings (SSSR count). The zero-order chi connectivity index (χ0) is 18.7. The summed E-state index contributed by atoms with van der Waals surface area (Å²) in [6.45, 7) is 2.43. The molecule has 27 heavy (non-hydrogen) atoms. The van der Waals surface area contributed by atoms with Gasteiger partial charge in [0.05, 0.1) is 36.3 Å². The van der Waals surface area contributed by atoms with Crippen molar-refractivity contribution in [3.8, 4) is 6.07 Å². The third-order valence-electron chi connectivity index (χ3n) is 4.94. The first-order chi connectivity index (χ1) is 13.2. The molecule has 3 heterocycles. The Bertz CT molecular complexity index is 860. The number of rotatable bonds is 3. The van der Waals surface area contributed by atoms with E-state index in [-0.39, 0.29) is 5.91 Å². The minimum atomic E-state index is -0.494. The summed E-state index contributed by atoms with van der Waals surface area (Å²) < 4.78 is 11.4. The van der Waals surface area contributed by atoms with Gasteiger partial charge in [0.25, 0.3) is 5.91 Å². The van der Waals surface area contributed by atoms with Crippen molar-refractivity contribution in [1.29, 1.82) is 5.26 Å². The summed E-state index contributed by atoms with van der Waals surface area (Å²) in [6, 6.07) is 12.9. The number of carbonyl (C=O) groups excluding carboxylic acids is 1. The van der Waals surface area contributed by atoms with E-state index >= 15 is 0 Å². The second-order valence-corrected chi connectivity index (χ2v) is 6.61. The van der Waals surface area contributed by atoms with Gasteiger partial charge >= 0.3 is 0 Å². The number of nitrogens with one attached hydrogen (secondary N) is 1. The number of piperidine rings is 1. The Morgan fingerprint density at radius 2 is 1.89 bits per heavy atom. The van der Waals surface area contributed by atoms with Gasteiger partial charge in [-0.2, -0.15) is 5.26 Å². The average molecular weight is 364 g/mol. The summed E-state index contributed by atoms with van der Waals surface area (Å²) in [5.41, 5.74) is 2.38. The SMILES string of the molecule is N#Cc1ccccc1Nc1ccc(C(=O)N2CCC3(CC2)OCCO3)nc1. The molecule has 0 bridgehead atoms. The lowest BCUT2D eigenvalue weighted by molar-refractivity contribution is -0.181. The highest BCUT2D eigenvalue weighted by molar-refractivity contribution is 5.92. The van der Waals surface area contributed by atoms with Gasteiger partial charge in [0.1, 0.15) is 11.8 Å². The molecule has 0 radical (unpaired) electrons. The number of para-hydroxylation sites is 1. The molecule has 7 nitrogen and oxygen atoms in total. The van der Waals surface area contributed by atoms with E-state index in [0.717, 1.165) is 5.69 Å². The van der Waals surface area contributed by atoms with Gasteiger partial charge in [-0.3, -0.25) is 4.79 Å². The van der Waals surface area contributed by atoms with Gasteiger partial charge in [-0.25, -0.2) is 4.98 Å². The fourth-order valence-electron chi connectivity index (χ4n) is 3.44. The minimum absolute atomic E-state index is 0.0909. The molecule has 1 spiro atoms. The Kier molecular flexibility index (Phi) is 4.75. The van der Waals surface area contributed by atoms with Crippen molar-refractivity contribution >= 4 is 17.3 Å². The van der Waals surface area contributed by atoms with Crippen LogP contribution < -0.4 is 5.32 Å². The van der Waals surface area contributed by atoms with Crippen LogP contribution in [-0.4, -0.2) is 47.9 Å². The monoisotopic (exact) mass is 364 g/mol. The molecule has 7 heteroatoms. The van der Waals surface area contributed by atoms with E-state index in [0.29, 0.717) is 56.1 Å². The molecule has 2 aliphatic rings. The van der Waals surface area contributed by atoms with Crippen molar-refractivity contribution in [2.45, 2.75) is 18.6 Å². The Morgan fingerprint density at radius 1 is 1.15 bits per heavy atom. The van der Waals surface area contributed by atoms with Crippen LogP contribution >= 0.6 is 0 Å². The predicted molar refractivity (Wildman–Crippen MR) is 98.4 cm³/mol. The van der Waals surface area contributed by atoms with Crippen molar-refractivity contribution in [2.75, 3.05) is 31.6 Å². The standard InChI is InChI=1S/C20H20N4O3/c21-13-15-3-1-2-4-17(15)23-16-5-6-18(22-14-16)19(25)24-9-7-20(8-10-24)26-11-12-27-20/h1-6,14,23H,7-12H2. The Balaban J connectivity index is 1.40. The number of nitrogens with zero attached hydrogens (tertiary/aromatic N) is 3. The third kappa shape index (κ3) is 3.63. The van der Waals surface area contributed by atoms with Gasteiger partial charge in [0.2, 0.25) is 0 Å². The van der Waals surface area contributed by atoms with Crippen LogP contribution in [-0.2, 0) is 9.47 Å². The lowest BCUT2D eigenvalue weighted by atomic mass is 10.0. The molecule has 0 aliphatic carbocycles. The lowest BCUT2D eigenvalue weighted by Crippen LogP contribution is -2.47. The van der Waals surface area contributed by atoms with Crippen LogP contribution in [0.3, 0.4) is 0 Å². The van der Waals surface area contributed by atoms with Crippen molar-refractivity contribution in [2.24, 2.45) is 0 Å². The first-order valence-electron chi connectivity index (χ1n) is 8.99. The number of aromatic nitrogens is 1. The summed E-state index contributed by atoms with van der Waals surface area (Å²) in [4.78, 5) is 18.8. The molecule has 2 aromatic rings. The molecule has 1 amide bonds. The lowest BCUT2D eigenvalue weighted by Gasteiger charge is -2.37. The second-order valence-electron chi connectivity index (χ2n) is 6.61. The molecule has 138 valence electrons. The van der Waals surface area contributed by atoms with Crippen molar-refractivity contribution in [3.05, 3.63) is 53.9 Å². The van der Waals surface area contributed by atoms with Gasteiger partial charge in [-0.05, 0) is 24.3 Å². The smallest absolute Gasteiger partial charge is 0.272 e. The summed E-state index contributed by atoms with van der Waals surface area (Å²) in [5.74, 6) is -0.585. The number of pyridine rings is 1. The molecule has 1 aromatic heterocycles. The quantitative estimate of drug-likeness (QED) is 0.901. The van der Waals surface area contributed by atoms with Crippen LogP contribution in [0.15, 0.2) is 42.6 Å². The van der Waals surface area contributed by atoms with Crippen LogP contribution in [0.25, 0.3) is 0 Å². The maximum absolute atomic E-state index is 12.7. The summed E-state index contributed by atoms with van der Waals surface area (Å²) >= 11 is 0. The number of anilines is 2. The number of carbonyl (C=O) groups is 1. The minimum Gasteiger partial charge on any atom is -0.353 e. The molecule has 0 unspecified atom stereocenters. The molecular weight excluding hydrogens is 344 g/mol. The third-order valence-corrected chi connectivity index (χ3v) is 4.94. The molecule has 1 aromatic carbocycles. The second kappa shape index (κ2) is 7.35. The van der Waals surface area contributed by atoms with E-state index < -0.39 is 5.79 Å². The van der Waals surface area contributed by atoms with Crippen LogP contribution in [0.1, 0.15) is 28.9 Å². The highest BCUT2D eigenvalue weighted by Crippen LogP contribution is 2.31. The number of ether oxygens (including phenoxy) is 2. The van der Waals surface area contributed by atoms with Gasteiger partial charge in [-0.1, -0.05) is 12.1 Å². The Morgan fingerprint density at radius 3 is 2.56 bits per heavy atom. The van der Waals surface area contributed by atoms with E-state index in [1.165, 1.54) is 0 Å². The fourth-order valence-corrected chi connectivity index (χ4v) is 3.44. The number of likely N-dealkylation sites (tertiary alicyclic amines) is 1. The van der Waals surface area contributed by atoms with Crippen LogP contribution in [0, 0.1) is 11.3 Å². The van der Waals surface area contributed by atoms with Crippen molar-refractivity contribution in [3.63, 3.8) is 0 Å². The molecule has 2 aliphatic heterocycles. The number of hydrogen-bond acceptors (Lipinski definition) is 6. The maximum Gasteiger partial charge on any atom is 0.272 e. The van der Waals surface area contributed by atoms with E-state index in [2.05, 4.69) is 16.4 Å². The molecule has 2 saturated heterocycles. The van der Waals surface area contributed by atoms with E-state index in [1.807, 2.05) is 18.2 Å². The highest BCUT2D eigenvalue weighted by atomic mass is 16.7. The zero-order valence-electron chi connectivity index (χ0n) is 14.9. The molecular formula is C20H20N4O3. The first-order valence-corrected chi connectivity index (χ1v) is 8.99. The number of amides is 1. The highest BCUT2D eigenvalue weighted by Gasteiger charge is 2.40. The van der Waals surface area contributed by atoms with Crippen LogP contribution in [0.4, 0.5) is 11.4 Å². The van der Waals surface area contributed by atoms with Gasteiger partial charge < -0.3 is 19.7 Å². The molecule has 0 saturated carbocycles. The van der Waals surface area contributed by atoms with Gasteiger partial charge in [0, 0.05) is 25.9 Å².